The number of halogens is 1. The number of ether oxygens (including phenoxy) is 2. The van der Waals surface area contributed by atoms with E-state index in [0.717, 1.165) is 0 Å². The summed E-state index contributed by atoms with van der Waals surface area (Å²) in [5.41, 5.74) is 0.134. The first-order chi connectivity index (χ1) is 12.9. The minimum Gasteiger partial charge on any atom is -0.507 e. The summed E-state index contributed by atoms with van der Waals surface area (Å²) in [7, 11) is 0. The first-order valence-corrected chi connectivity index (χ1v) is 8.40. The molecule has 3 aromatic rings. The first-order valence-electron chi connectivity index (χ1n) is 8.40. The molecular formula is C21H19FO5. The van der Waals surface area contributed by atoms with Crippen LogP contribution in [0.1, 0.15) is 13.8 Å². The Morgan fingerprint density at radius 2 is 1.96 bits per heavy atom. The van der Waals surface area contributed by atoms with Gasteiger partial charge in [-0.3, -0.25) is 4.79 Å². The molecule has 5 nitrogen and oxygen atoms in total. The molecule has 140 valence electrons. The van der Waals surface area contributed by atoms with Crippen molar-refractivity contribution in [2.45, 2.75) is 20.0 Å². The lowest BCUT2D eigenvalue weighted by molar-refractivity contribution is 0.225. The van der Waals surface area contributed by atoms with Crippen molar-refractivity contribution in [3.8, 4) is 28.6 Å². The van der Waals surface area contributed by atoms with E-state index < -0.39 is 11.2 Å². The Morgan fingerprint density at radius 1 is 1.26 bits per heavy atom. The second-order valence-electron chi connectivity index (χ2n) is 6.18. The van der Waals surface area contributed by atoms with E-state index in [9.17, 15) is 14.3 Å². The van der Waals surface area contributed by atoms with Crippen molar-refractivity contribution in [2.24, 2.45) is 0 Å². The highest BCUT2D eigenvalue weighted by atomic mass is 19.1. The monoisotopic (exact) mass is 370 g/mol. The molecule has 0 atom stereocenters. The van der Waals surface area contributed by atoms with Gasteiger partial charge < -0.3 is 19.0 Å². The highest BCUT2D eigenvalue weighted by Gasteiger charge is 2.21. The minimum atomic E-state index is -0.447. The second-order valence-corrected chi connectivity index (χ2v) is 6.18. The van der Waals surface area contributed by atoms with Gasteiger partial charge >= 0.3 is 0 Å². The summed E-state index contributed by atoms with van der Waals surface area (Å²) >= 11 is 0. The smallest absolute Gasteiger partial charge is 0.205 e. The molecule has 0 amide bonds. The summed E-state index contributed by atoms with van der Waals surface area (Å²) in [4.78, 5) is 12.6. The van der Waals surface area contributed by atoms with E-state index in [1.807, 2.05) is 13.8 Å². The zero-order valence-corrected chi connectivity index (χ0v) is 15.0. The first kappa shape index (κ1) is 18.5. The van der Waals surface area contributed by atoms with E-state index in [1.165, 1.54) is 36.4 Å². The molecule has 0 aliphatic rings. The second kappa shape index (κ2) is 7.53. The maximum Gasteiger partial charge on any atom is 0.205 e. The van der Waals surface area contributed by atoms with E-state index in [2.05, 4.69) is 6.58 Å². The number of fused-ring (bicyclic) bond motifs is 1. The molecule has 1 N–H and O–H groups in total. The van der Waals surface area contributed by atoms with Crippen LogP contribution in [0.5, 0.6) is 17.2 Å². The zero-order valence-electron chi connectivity index (χ0n) is 15.0. The topological polar surface area (TPSA) is 68.9 Å². The van der Waals surface area contributed by atoms with Crippen LogP contribution in [0.15, 0.2) is 58.3 Å². The van der Waals surface area contributed by atoms with Gasteiger partial charge in [-0.05, 0) is 38.1 Å². The van der Waals surface area contributed by atoms with Crippen molar-refractivity contribution in [1.82, 2.24) is 0 Å². The Labute approximate surface area is 155 Å². The van der Waals surface area contributed by atoms with Crippen LogP contribution in [0.3, 0.4) is 0 Å². The fourth-order valence-corrected chi connectivity index (χ4v) is 2.63. The lowest BCUT2D eigenvalue weighted by Crippen LogP contribution is -2.10. The van der Waals surface area contributed by atoms with Gasteiger partial charge in [0.1, 0.15) is 29.3 Å². The van der Waals surface area contributed by atoms with E-state index in [4.69, 9.17) is 13.9 Å². The lowest BCUT2D eigenvalue weighted by atomic mass is 10.1. The van der Waals surface area contributed by atoms with Crippen LogP contribution >= 0.6 is 0 Å². The van der Waals surface area contributed by atoms with Crippen molar-refractivity contribution >= 4 is 11.0 Å². The molecule has 0 saturated carbocycles. The SMILES string of the molecule is C=CCOc1cc(O)c2c(=O)cc(-c3ccc(F)cc3)oc2c1OC(C)C. The third-order valence-electron chi connectivity index (χ3n) is 3.74. The summed E-state index contributed by atoms with van der Waals surface area (Å²) in [5, 5.41) is 10.3. The Kier molecular flexibility index (Phi) is 5.16. The maximum absolute atomic E-state index is 13.2. The van der Waals surface area contributed by atoms with Gasteiger partial charge in [0.25, 0.3) is 0 Å². The highest BCUT2D eigenvalue weighted by molar-refractivity contribution is 5.91. The molecule has 0 saturated heterocycles. The summed E-state index contributed by atoms with van der Waals surface area (Å²) in [6.45, 7) is 7.41. The van der Waals surface area contributed by atoms with Crippen LogP contribution in [-0.2, 0) is 0 Å². The standard InChI is InChI=1S/C21H19FO5/c1-4-9-25-18-11-16(24)19-15(23)10-17(13-5-7-14(22)8-6-13)27-21(19)20(18)26-12(2)3/h4-8,10-12,24H,1,9H2,2-3H3. The predicted molar refractivity (Wildman–Crippen MR) is 101 cm³/mol. The fraction of sp³-hybridized carbons (Fsp3) is 0.190. The van der Waals surface area contributed by atoms with Gasteiger partial charge in [-0.2, -0.15) is 0 Å². The normalized spacial score (nSPS) is 11.0. The molecule has 6 heteroatoms. The van der Waals surface area contributed by atoms with Gasteiger partial charge in [-0.1, -0.05) is 12.7 Å². The van der Waals surface area contributed by atoms with Gasteiger partial charge in [0.2, 0.25) is 5.75 Å². The molecule has 1 heterocycles. The Hall–Kier alpha value is -3.28. The molecule has 0 aliphatic heterocycles. The highest BCUT2D eigenvalue weighted by Crippen LogP contribution is 2.41. The van der Waals surface area contributed by atoms with E-state index >= 15 is 0 Å². The number of benzene rings is 2. The summed E-state index contributed by atoms with van der Waals surface area (Å²) in [5.74, 6) is -0.0156. The average Bonchev–Trinajstić information content (AvgIpc) is 2.62. The van der Waals surface area contributed by atoms with Gasteiger partial charge in [0.15, 0.2) is 16.8 Å². The summed E-state index contributed by atoms with van der Waals surface area (Å²) in [6, 6.07) is 8.11. The van der Waals surface area contributed by atoms with Crippen molar-refractivity contribution < 1.29 is 23.4 Å². The largest absolute Gasteiger partial charge is 0.507 e. The molecule has 0 radical (unpaired) electrons. The molecule has 0 fully saturated rings. The van der Waals surface area contributed by atoms with Crippen LogP contribution in [-0.4, -0.2) is 17.8 Å². The van der Waals surface area contributed by atoms with Crippen LogP contribution < -0.4 is 14.9 Å². The summed E-state index contributed by atoms with van der Waals surface area (Å²) in [6.07, 6.45) is 1.31. The van der Waals surface area contributed by atoms with Gasteiger partial charge in [-0.25, -0.2) is 4.39 Å². The van der Waals surface area contributed by atoms with Gasteiger partial charge in [-0.15, -0.1) is 0 Å². The Balaban J connectivity index is 2.30. The third kappa shape index (κ3) is 3.79. The van der Waals surface area contributed by atoms with Crippen LogP contribution in [0.4, 0.5) is 4.39 Å². The molecule has 3 rings (SSSR count). The van der Waals surface area contributed by atoms with Crippen molar-refractivity contribution in [1.29, 1.82) is 0 Å². The Bertz CT molecular complexity index is 1040. The van der Waals surface area contributed by atoms with Crippen molar-refractivity contribution in [3.63, 3.8) is 0 Å². The quantitative estimate of drug-likeness (QED) is 0.639. The fourth-order valence-electron chi connectivity index (χ4n) is 2.63. The number of hydrogen-bond acceptors (Lipinski definition) is 5. The molecule has 27 heavy (non-hydrogen) atoms. The number of aromatic hydroxyl groups is 1. The predicted octanol–water partition coefficient (Wildman–Crippen LogP) is 4.66. The van der Waals surface area contributed by atoms with Gasteiger partial charge in [0.05, 0.1) is 6.10 Å². The van der Waals surface area contributed by atoms with Crippen LogP contribution in [0, 0.1) is 5.82 Å². The summed E-state index contributed by atoms with van der Waals surface area (Å²) < 4.78 is 30.5. The molecule has 0 aliphatic carbocycles. The minimum absolute atomic E-state index is 0.0116. The van der Waals surface area contributed by atoms with E-state index in [1.54, 1.807) is 6.08 Å². The maximum atomic E-state index is 13.2. The molecule has 0 unspecified atom stereocenters. The lowest BCUT2D eigenvalue weighted by Gasteiger charge is -2.17. The molecule has 1 aromatic heterocycles. The molecule has 0 spiro atoms. The third-order valence-corrected chi connectivity index (χ3v) is 3.74. The molecule has 0 bridgehead atoms. The number of rotatable bonds is 6. The number of phenols is 1. The van der Waals surface area contributed by atoms with Crippen molar-refractivity contribution in [2.75, 3.05) is 6.61 Å². The number of hydrogen-bond donors (Lipinski definition) is 1. The van der Waals surface area contributed by atoms with Crippen molar-refractivity contribution in [3.05, 3.63) is 65.1 Å². The van der Waals surface area contributed by atoms with E-state index in [0.29, 0.717) is 5.56 Å². The zero-order chi connectivity index (χ0) is 19.6. The van der Waals surface area contributed by atoms with Crippen LogP contribution in [0.2, 0.25) is 0 Å². The van der Waals surface area contributed by atoms with Gasteiger partial charge in [0, 0.05) is 17.7 Å². The van der Waals surface area contributed by atoms with E-state index in [-0.39, 0.29) is 46.7 Å². The molecular weight excluding hydrogens is 351 g/mol. The number of phenolic OH excluding ortho intramolecular Hbond substituents is 1. The van der Waals surface area contributed by atoms with Crippen LogP contribution in [0.25, 0.3) is 22.3 Å². The molecule has 2 aromatic carbocycles. The average molecular weight is 370 g/mol. The Morgan fingerprint density at radius 3 is 2.59 bits per heavy atom.